The maximum Gasteiger partial charge on any atom is 0.164 e. The van der Waals surface area contributed by atoms with Crippen molar-refractivity contribution in [2.24, 2.45) is 0 Å². The Morgan fingerprint density at radius 1 is 0.338 bits per heavy atom. The van der Waals surface area contributed by atoms with Crippen molar-refractivity contribution < 1.29 is 0 Å². The molecule has 320 valence electrons. The summed E-state index contributed by atoms with van der Waals surface area (Å²) in [5, 5.41) is 7.25. The fourth-order valence-electron chi connectivity index (χ4n) is 11.0. The Hall–Kier alpha value is -8.53. The van der Waals surface area contributed by atoms with Crippen LogP contribution >= 0.6 is 0 Å². The molecule has 68 heavy (non-hydrogen) atoms. The van der Waals surface area contributed by atoms with Gasteiger partial charge in [-0.15, -0.1) is 0 Å². The summed E-state index contributed by atoms with van der Waals surface area (Å²) in [4.78, 5) is 16.1. The molecular formula is C65H45N3. The lowest BCUT2D eigenvalue weighted by atomic mass is 9.82. The topological polar surface area (TPSA) is 38.7 Å². The van der Waals surface area contributed by atoms with Crippen LogP contribution in [0.3, 0.4) is 0 Å². The van der Waals surface area contributed by atoms with Gasteiger partial charge in [0.2, 0.25) is 0 Å². The van der Waals surface area contributed by atoms with Gasteiger partial charge in [0.25, 0.3) is 0 Å². The minimum absolute atomic E-state index is 0.165. The van der Waals surface area contributed by atoms with Crippen LogP contribution in [0, 0.1) is 0 Å². The molecule has 1 aromatic heterocycles. The fraction of sp³-hybridized carbons (Fsp3) is 0.0615. The summed E-state index contributed by atoms with van der Waals surface area (Å²) in [5.74, 6) is 1.94. The molecule has 0 atom stereocenters. The first-order valence-corrected chi connectivity index (χ1v) is 23.6. The van der Waals surface area contributed by atoms with Gasteiger partial charge in [-0.1, -0.05) is 214 Å². The average molecular weight is 868 g/mol. The van der Waals surface area contributed by atoms with Crippen LogP contribution in [0.15, 0.2) is 212 Å². The van der Waals surface area contributed by atoms with Gasteiger partial charge in [0, 0.05) is 22.1 Å². The maximum absolute atomic E-state index is 5.37. The highest BCUT2D eigenvalue weighted by molar-refractivity contribution is 6.21. The summed E-state index contributed by atoms with van der Waals surface area (Å²) < 4.78 is 0. The van der Waals surface area contributed by atoms with Crippen LogP contribution in [-0.2, 0) is 5.41 Å². The Kier molecular flexibility index (Phi) is 9.26. The predicted octanol–water partition coefficient (Wildman–Crippen LogP) is 17.1. The van der Waals surface area contributed by atoms with Crippen LogP contribution in [0.25, 0.3) is 123 Å². The predicted molar refractivity (Wildman–Crippen MR) is 285 cm³/mol. The molecule has 0 saturated carbocycles. The van der Waals surface area contributed by atoms with E-state index in [4.69, 9.17) is 15.0 Å². The first kappa shape index (κ1) is 39.8. The second-order valence-corrected chi connectivity index (χ2v) is 18.6. The van der Waals surface area contributed by atoms with Gasteiger partial charge in [0.05, 0.1) is 0 Å². The molecule has 0 fully saturated rings. The van der Waals surface area contributed by atoms with Crippen LogP contribution < -0.4 is 0 Å². The van der Waals surface area contributed by atoms with Crippen molar-refractivity contribution in [3.05, 3.63) is 235 Å². The van der Waals surface area contributed by atoms with Gasteiger partial charge in [0.1, 0.15) is 0 Å². The van der Waals surface area contributed by atoms with Crippen LogP contribution in [0.5, 0.6) is 0 Å². The third kappa shape index (κ3) is 6.46. The third-order valence-electron chi connectivity index (χ3n) is 14.3. The van der Waals surface area contributed by atoms with E-state index in [9.17, 15) is 0 Å². The van der Waals surface area contributed by atoms with Crippen LogP contribution in [-0.4, -0.2) is 15.0 Å². The molecule has 0 aliphatic heterocycles. The second-order valence-electron chi connectivity index (χ2n) is 18.6. The molecule has 1 heterocycles. The van der Waals surface area contributed by atoms with E-state index in [2.05, 4.69) is 238 Å². The quantitative estimate of drug-likeness (QED) is 0.156. The molecule has 3 heteroatoms. The largest absolute Gasteiger partial charge is 0.208 e. The van der Waals surface area contributed by atoms with E-state index in [-0.39, 0.29) is 5.41 Å². The molecule has 0 amide bonds. The molecule has 0 radical (unpaired) electrons. The van der Waals surface area contributed by atoms with Crippen molar-refractivity contribution in [3.8, 4) is 78.7 Å². The molecule has 0 N–H and O–H groups in total. The lowest BCUT2D eigenvalue weighted by Gasteiger charge is -2.22. The van der Waals surface area contributed by atoms with Gasteiger partial charge in [-0.2, -0.15) is 0 Å². The number of benzene rings is 10. The summed E-state index contributed by atoms with van der Waals surface area (Å²) in [7, 11) is 0. The SMILES string of the molecule is CC1(C)c2ccccc2-c2ccc(-c3nc(-c4ccc5cc(-c6c7ccccc7c(-c7ccccc7)c7ccccc67)ccc5c4)nc(-c4ccc(-c5ccccc5)c5c4C=CCC=C5)n3)cc21. The Bertz CT molecular complexity index is 3840. The lowest BCUT2D eigenvalue weighted by Crippen LogP contribution is -2.15. The summed E-state index contributed by atoms with van der Waals surface area (Å²) in [5.41, 5.74) is 17.5. The Labute approximate surface area is 396 Å². The van der Waals surface area contributed by atoms with Crippen molar-refractivity contribution in [1.82, 2.24) is 15.0 Å². The average Bonchev–Trinajstić information content (AvgIpc) is 3.51. The van der Waals surface area contributed by atoms with Crippen molar-refractivity contribution in [2.75, 3.05) is 0 Å². The van der Waals surface area contributed by atoms with Gasteiger partial charge in [-0.05, 0) is 130 Å². The summed E-state index contributed by atoms with van der Waals surface area (Å²) in [6.45, 7) is 4.64. The van der Waals surface area contributed by atoms with Crippen molar-refractivity contribution >= 4 is 44.5 Å². The Balaban J connectivity index is 0.974. The molecule has 2 aliphatic carbocycles. The molecule has 3 nitrogen and oxygen atoms in total. The Morgan fingerprint density at radius 2 is 0.794 bits per heavy atom. The third-order valence-corrected chi connectivity index (χ3v) is 14.3. The van der Waals surface area contributed by atoms with Crippen molar-refractivity contribution in [1.29, 1.82) is 0 Å². The zero-order valence-corrected chi connectivity index (χ0v) is 37.9. The zero-order valence-electron chi connectivity index (χ0n) is 37.9. The molecule has 13 rings (SSSR count). The van der Waals surface area contributed by atoms with E-state index in [0.717, 1.165) is 39.4 Å². The van der Waals surface area contributed by atoms with Gasteiger partial charge < -0.3 is 0 Å². The number of hydrogen-bond acceptors (Lipinski definition) is 3. The first-order chi connectivity index (χ1) is 33.5. The van der Waals surface area contributed by atoms with Gasteiger partial charge in [-0.25, -0.2) is 15.0 Å². The number of hydrogen-bond donors (Lipinski definition) is 0. The zero-order chi connectivity index (χ0) is 45.3. The molecule has 0 bridgehead atoms. The van der Waals surface area contributed by atoms with Crippen LogP contribution in [0.1, 0.15) is 42.5 Å². The first-order valence-electron chi connectivity index (χ1n) is 23.6. The highest BCUT2D eigenvalue weighted by Gasteiger charge is 2.35. The minimum atomic E-state index is -0.165. The number of allylic oxidation sites excluding steroid dienone is 2. The standard InChI is InChI=1S/C65H45N3/c1-65(2)58-29-17-16-24-51(58)52-35-34-47(40-59(52)65)63-66-62(67-64(68-63)57-37-36-48(41-18-6-3-7-19-41)49-22-10-5-11-23-50(49)57)46-33-31-43-38-45(32-30-44(43)39-46)61-55-27-14-12-25-53(55)60(42-20-8-4-9-21-42)54-26-13-15-28-56(54)61/h3-4,6-40H,5H2,1-2H3. The minimum Gasteiger partial charge on any atom is -0.208 e. The number of aromatic nitrogens is 3. The van der Waals surface area contributed by atoms with E-state index in [1.165, 1.54) is 82.7 Å². The highest BCUT2D eigenvalue weighted by atomic mass is 15.0. The molecule has 10 aromatic carbocycles. The number of rotatable bonds is 6. The molecule has 11 aromatic rings. The number of fused-ring (bicyclic) bond motifs is 7. The van der Waals surface area contributed by atoms with Crippen LogP contribution in [0.2, 0.25) is 0 Å². The van der Waals surface area contributed by atoms with Gasteiger partial charge in [0.15, 0.2) is 17.5 Å². The summed E-state index contributed by atoms with van der Waals surface area (Å²) in [6.07, 6.45) is 9.81. The number of nitrogens with zero attached hydrogens (tertiary/aromatic N) is 3. The van der Waals surface area contributed by atoms with Crippen molar-refractivity contribution in [2.45, 2.75) is 25.7 Å². The van der Waals surface area contributed by atoms with E-state index < -0.39 is 0 Å². The van der Waals surface area contributed by atoms with Gasteiger partial charge >= 0.3 is 0 Å². The molecular weight excluding hydrogens is 823 g/mol. The van der Waals surface area contributed by atoms with E-state index in [1.54, 1.807) is 0 Å². The van der Waals surface area contributed by atoms with Crippen molar-refractivity contribution in [3.63, 3.8) is 0 Å². The van der Waals surface area contributed by atoms with Gasteiger partial charge in [-0.3, -0.25) is 0 Å². The highest BCUT2D eigenvalue weighted by Crippen LogP contribution is 2.50. The molecule has 2 aliphatic rings. The Morgan fingerprint density at radius 3 is 1.46 bits per heavy atom. The summed E-state index contributed by atoms with van der Waals surface area (Å²) >= 11 is 0. The fourth-order valence-corrected chi connectivity index (χ4v) is 11.0. The second kappa shape index (κ2) is 15.8. The van der Waals surface area contributed by atoms with E-state index >= 15 is 0 Å². The van der Waals surface area contributed by atoms with E-state index in [0.29, 0.717) is 17.5 Å². The molecule has 0 spiro atoms. The van der Waals surface area contributed by atoms with Crippen LogP contribution in [0.4, 0.5) is 0 Å². The normalized spacial score (nSPS) is 13.4. The lowest BCUT2D eigenvalue weighted by molar-refractivity contribution is 0.660. The molecule has 0 saturated heterocycles. The monoisotopic (exact) mass is 867 g/mol. The smallest absolute Gasteiger partial charge is 0.164 e. The maximum atomic E-state index is 5.37. The van der Waals surface area contributed by atoms with E-state index in [1.807, 2.05) is 0 Å². The summed E-state index contributed by atoms with van der Waals surface area (Å²) in [6, 6.07) is 72.6. The molecule has 0 unspecified atom stereocenters.